The van der Waals surface area contributed by atoms with Crippen LogP contribution in [-0.2, 0) is 0 Å². The summed E-state index contributed by atoms with van der Waals surface area (Å²) < 4.78 is 0. The number of rotatable bonds is 3. The number of carbonyl (C=O) groups is 1. The lowest BCUT2D eigenvalue weighted by molar-refractivity contribution is 0.112. The second-order valence-corrected chi connectivity index (χ2v) is 5.06. The summed E-state index contributed by atoms with van der Waals surface area (Å²) in [6, 6.07) is 9.42. The number of hydrogen-bond donors (Lipinski definition) is 0. The van der Waals surface area contributed by atoms with Gasteiger partial charge in [-0.15, -0.1) is 0 Å². The van der Waals surface area contributed by atoms with E-state index in [4.69, 9.17) is 11.6 Å². The van der Waals surface area contributed by atoms with Crippen LogP contribution in [0, 0.1) is 6.92 Å². The molecule has 0 aliphatic carbocycles. The monoisotopic (exact) mass is 263 g/mol. The molecule has 0 aliphatic heterocycles. The number of aldehydes is 1. The third-order valence-electron chi connectivity index (χ3n) is 2.22. The van der Waals surface area contributed by atoms with Crippen molar-refractivity contribution in [2.24, 2.45) is 0 Å². The van der Waals surface area contributed by atoms with E-state index < -0.39 is 0 Å². The summed E-state index contributed by atoms with van der Waals surface area (Å²) >= 11 is 7.38. The minimum Gasteiger partial charge on any atom is -0.298 e. The first-order valence-electron chi connectivity index (χ1n) is 5.04. The average Bonchev–Trinajstić information content (AvgIpc) is 2.34. The molecule has 0 unspecified atom stereocenters. The van der Waals surface area contributed by atoms with Crippen molar-refractivity contribution in [2.75, 3.05) is 0 Å². The summed E-state index contributed by atoms with van der Waals surface area (Å²) in [5.74, 6) is 0. The van der Waals surface area contributed by atoms with Crippen LogP contribution < -0.4 is 0 Å². The Morgan fingerprint density at radius 1 is 1.29 bits per heavy atom. The number of nitrogens with zero attached hydrogens (tertiary/aromatic N) is 1. The predicted molar refractivity (Wildman–Crippen MR) is 69.9 cm³/mol. The first kappa shape index (κ1) is 12.1. The molecule has 1 aromatic carbocycles. The van der Waals surface area contributed by atoms with Crippen molar-refractivity contribution in [3.63, 3.8) is 0 Å². The molecule has 0 atom stereocenters. The average molecular weight is 264 g/mol. The molecule has 86 valence electrons. The first-order chi connectivity index (χ1) is 8.19. The summed E-state index contributed by atoms with van der Waals surface area (Å²) in [5, 5.41) is 1.62. The summed E-state index contributed by atoms with van der Waals surface area (Å²) in [5.41, 5.74) is 1.59. The maximum absolute atomic E-state index is 10.6. The van der Waals surface area contributed by atoms with Crippen molar-refractivity contribution in [3.05, 3.63) is 52.7 Å². The number of pyridine rings is 1. The minimum atomic E-state index is 0.600. The Morgan fingerprint density at radius 2 is 2.00 bits per heavy atom. The number of aromatic nitrogens is 1. The third-order valence-corrected chi connectivity index (χ3v) is 3.60. The summed E-state index contributed by atoms with van der Waals surface area (Å²) in [7, 11) is 0. The molecule has 17 heavy (non-hydrogen) atoms. The van der Waals surface area contributed by atoms with E-state index in [1.807, 2.05) is 37.3 Å². The lowest BCUT2D eigenvalue weighted by Crippen LogP contribution is -1.89. The van der Waals surface area contributed by atoms with Gasteiger partial charge in [-0.3, -0.25) is 4.79 Å². The van der Waals surface area contributed by atoms with Crippen LogP contribution in [0.2, 0.25) is 5.02 Å². The molecule has 1 aromatic heterocycles. The SMILES string of the molecule is Cc1cc(C=O)cnc1Sc1ccc(Cl)cc1. The Labute approximate surface area is 109 Å². The molecule has 0 saturated heterocycles. The Morgan fingerprint density at radius 3 is 2.59 bits per heavy atom. The van der Waals surface area contributed by atoms with Crippen molar-refractivity contribution < 1.29 is 4.79 Å². The van der Waals surface area contributed by atoms with Gasteiger partial charge in [0.1, 0.15) is 5.03 Å². The van der Waals surface area contributed by atoms with E-state index in [0.717, 1.165) is 26.8 Å². The molecule has 4 heteroatoms. The Balaban J connectivity index is 2.24. The lowest BCUT2D eigenvalue weighted by Gasteiger charge is -2.04. The molecule has 1 heterocycles. The number of hydrogen-bond acceptors (Lipinski definition) is 3. The van der Waals surface area contributed by atoms with Crippen LogP contribution in [0.4, 0.5) is 0 Å². The van der Waals surface area contributed by atoms with Crippen LogP contribution in [0.15, 0.2) is 46.5 Å². The molecule has 0 radical (unpaired) electrons. The first-order valence-corrected chi connectivity index (χ1v) is 6.24. The van der Waals surface area contributed by atoms with Gasteiger partial charge in [0.15, 0.2) is 6.29 Å². The number of halogens is 1. The summed E-state index contributed by atoms with van der Waals surface area (Å²) in [4.78, 5) is 15.9. The van der Waals surface area contributed by atoms with Crippen LogP contribution >= 0.6 is 23.4 Å². The number of carbonyl (C=O) groups excluding carboxylic acids is 1. The van der Waals surface area contributed by atoms with Crippen molar-refractivity contribution in [1.29, 1.82) is 0 Å². The van der Waals surface area contributed by atoms with E-state index >= 15 is 0 Å². The van der Waals surface area contributed by atoms with Gasteiger partial charge in [0.05, 0.1) is 0 Å². The van der Waals surface area contributed by atoms with Gasteiger partial charge in [-0.25, -0.2) is 4.98 Å². The maximum Gasteiger partial charge on any atom is 0.151 e. The van der Waals surface area contributed by atoms with Gasteiger partial charge < -0.3 is 0 Å². The standard InChI is InChI=1S/C13H10ClNOS/c1-9-6-10(8-16)7-15-13(9)17-12-4-2-11(14)3-5-12/h2-8H,1H3. The second-order valence-electron chi connectivity index (χ2n) is 3.56. The van der Waals surface area contributed by atoms with Crippen molar-refractivity contribution >= 4 is 29.6 Å². The molecule has 0 spiro atoms. The van der Waals surface area contributed by atoms with Gasteiger partial charge in [-0.2, -0.15) is 0 Å². The van der Waals surface area contributed by atoms with Crippen LogP contribution in [0.1, 0.15) is 15.9 Å². The van der Waals surface area contributed by atoms with Gasteiger partial charge in [0, 0.05) is 21.7 Å². The molecule has 0 saturated carbocycles. The van der Waals surface area contributed by atoms with Crippen molar-refractivity contribution in [2.45, 2.75) is 16.8 Å². The highest BCUT2D eigenvalue weighted by Gasteiger charge is 2.04. The highest BCUT2D eigenvalue weighted by Crippen LogP contribution is 2.29. The third kappa shape index (κ3) is 3.08. The van der Waals surface area contributed by atoms with Crippen LogP contribution in [-0.4, -0.2) is 11.3 Å². The fourth-order valence-corrected chi connectivity index (χ4v) is 2.32. The molecular weight excluding hydrogens is 254 g/mol. The van der Waals surface area contributed by atoms with Crippen molar-refractivity contribution in [1.82, 2.24) is 4.98 Å². The van der Waals surface area contributed by atoms with E-state index in [9.17, 15) is 4.79 Å². The molecule has 2 rings (SSSR count). The Bertz CT molecular complexity index is 540. The molecule has 0 aliphatic rings. The topological polar surface area (TPSA) is 30.0 Å². The molecule has 0 amide bonds. The number of aryl methyl sites for hydroxylation is 1. The second kappa shape index (κ2) is 5.34. The summed E-state index contributed by atoms with van der Waals surface area (Å²) in [6.07, 6.45) is 2.38. The number of benzene rings is 1. The zero-order valence-corrected chi connectivity index (χ0v) is 10.8. The van der Waals surface area contributed by atoms with Gasteiger partial charge in [0.2, 0.25) is 0 Å². The highest BCUT2D eigenvalue weighted by atomic mass is 35.5. The molecular formula is C13H10ClNOS. The molecule has 0 bridgehead atoms. The van der Waals surface area contributed by atoms with Crippen LogP contribution in [0.3, 0.4) is 0 Å². The fourth-order valence-electron chi connectivity index (χ4n) is 1.37. The van der Waals surface area contributed by atoms with E-state index in [0.29, 0.717) is 5.56 Å². The molecule has 2 aromatic rings. The zero-order valence-electron chi connectivity index (χ0n) is 9.18. The quantitative estimate of drug-likeness (QED) is 0.784. The predicted octanol–water partition coefficient (Wildman–Crippen LogP) is 4.01. The van der Waals surface area contributed by atoms with E-state index in [2.05, 4.69) is 4.98 Å². The minimum absolute atomic E-state index is 0.600. The highest BCUT2D eigenvalue weighted by molar-refractivity contribution is 7.99. The van der Waals surface area contributed by atoms with E-state index in [-0.39, 0.29) is 0 Å². The molecule has 0 N–H and O–H groups in total. The fraction of sp³-hybridized carbons (Fsp3) is 0.0769. The normalized spacial score (nSPS) is 10.2. The van der Waals surface area contributed by atoms with Crippen LogP contribution in [0.5, 0.6) is 0 Å². The molecule has 2 nitrogen and oxygen atoms in total. The summed E-state index contributed by atoms with van der Waals surface area (Å²) in [6.45, 7) is 1.94. The van der Waals surface area contributed by atoms with E-state index in [1.165, 1.54) is 0 Å². The largest absolute Gasteiger partial charge is 0.298 e. The van der Waals surface area contributed by atoms with Gasteiger partial charge in [-0.05, 0) is 42.8 Å². The van der Waals surface area contributed by atoms with Crippen LogP contribution in [0.25, 0.3) is 0 Å². The van der Waals surface area contributed by atoms with E-state index in [1.54, 1.807) is 18.0 Å². The van der Waals surface area contributed by atoms with Gasteiger partial charge >= 0.3 is 0 Å². The zero-order chi connectivity index (χ0) is 12.3. The lowest BCUT2D eigenvalue weighted by atomic mass is 10.2. The van der Waals surface area contributed by atoms with Gasteiger partial charge in [-0.1, -0.05) is 23.4 Å². The molecule has 0 fully saturated rings. The Hall–Kier alpha value is -1.32. The maximum atomic E-state index is 10.6. The van der Waals surface area contributed by atoms with Gasteiger partial charge in [0.25, 0.3) is 0 Å². The Kier molecular flexibility index (Phi) is 3.82. The van der Waals surface area contributed by atoms with Crippen molar-refractivity contribution in [3.8, 4) is 0 Å². The smallest absolute Gasteiger partial charge is 0.151 e.